The highest BCUT2D eigenvalue weighted by Gasteiger charge is 2.37. The first-order valence-electron chi connectivity index (χ1n) is 10.1. The molecule has 3 amide bonds. The van der Waals surface area contributed by atoms with E-state index in [9.17, 15) is 14.4 Å². The third-order valence-electron chi connectivity index (χ3n) is 6.12. The first kappa shape index (κ1) is 19.1. The second-order valence-electron chi connectivity index (χ2n) is 7.74. The van der Waals surface area contributed by atoms with Gasteiger partial charge < -0.3 is 14.7 Å². The van der Waals surface area contributed by atoms with E-state index < -0.39 is 0 Å². The summed E-state index contributed by atoms with van der Waals surface area (Å²) in [5.74, 6) is 0.343. The largest absolute Gasteiger partial charge is 0.338 e. The highest BCUT2D eigenvalue weighted by atomic mass is 16.2. The van der Waals surface area contributed by atoms with Crippen LogP contribution in [0.5, 0.6) is 0 Å². The minimum atomic E-state index is -0.306. The number of piperazine rings is 1. The number of rotatable bonds is 3. The fraction of sp³-hybridized carbons (Fsp3) is 0.842. The number of nitrogens with zero attached hydrogens (tertiary/aromatic N) is 4. The summed E-state index contributed by atoms with van der Waals surface area (Å²) < 4.78 is 0. The Morgan fingerprint density at radius 1 is 0.769 bits per heavy atom. The molecule has 0 aromatic carbocycles. The number of carbonyl (C=O) groups is 3. The lowest BCUT2D eigenvalue weighted by Gasteiger charge is -2.41. The molecule has 3 fully saturated rings. The van der Waals surface area contributed by atoms with Crippen LogP contribution in [0.4, 0.5) is 0 Å². The number of amides is 3. The van der Waals surface area contributed by atoms with Gasteiger partial charge in [0.15, 0.2) is 0 Å². The standard InChI is InChI=1S/C19H32N4O3/c1-3-17(24)23-10-5-4-7-16(23)19(26)22-13-11-21(12-14-22)18(25)15-8-6-9-20(15)2/h15-16H,3-14H2,1-2H3. The maximum absolute atomic E-state index is 13.0. The molecule has 0 aliphatic carbocycles. The maximum Gasteiger partial charge on any atom is 0.245 e. The highest BCUT2D eigenvalue weighted by Crippen LogP contribution is 2.22. The van der Waals surface area contributed by atoms with E-state index in [0.717, 1.165) is 38.6 Å². The predicted octanol–water partition coefficient (Wildman–Crippen LogP) is 0.543. The Kier molecular flexibility index (Phi) is 6.16. The van der Waals surface area contributed by atoms with Crippen molar-refractivity contribution in [3.8, 4) is 0 Å². The molecule has 2 atom stereocenters. The maximum atomic E-state index is 13.0. The van der Waals surface area contributed by atoms with Crippen LogP contribution < -0.4 is 0 Å². The summed E-state index contributed by atoms with van der Waals surface area (Å²) in [7, 11) is 2.01. The van der Waals surface area contributed by atoms with Gasteiger partial charge in [-0.2, -0.15) is 0 Å². The molecule has 26 heavy (non-hydrogen) atoms. The average Bonchev–Trinajstić information content (AvgIpc) is 3.12. The zero-order valence-corrected chi connectivity index (χ0v) is 16.2. The quantitative estimate of drug-likeness (QED) is 0.733. The molecule has 7 nitrogen and oxygen atoms in total. The third-order valence-corrected chi connectivity index (χ3v) is 6.12. The molecule has 0 bridgehead atoms. The van der Waals surface area contributed by atoms with Crippen molar-refractivity contribution in [1.29, 1.82) is 0 Å². The fourth-order valence-electron chi connectivity index (χ4n) is 4.48. The van der Waals surface area contributed by atoms with Gasteiger partial charge in [0.05, 0.1) is 6.04 Å². The predicted molar refractivity (Wildman–Crippen MR) is 98.5 cm³/mol. The molecule has 2 unspecified atom stereocenters. The number of piperidine rings is 1. The molecule has 3 aliphatic heterocycles. The Morgan fingerprint density at radius 3 is 1.88 bits per heavy atom. The second-order valence-corrected chi connectivity index (χ2v) is 7.74. The lowest BCUT2D eigenvalue weighted by atomic mass is 10.00. The molecule has 3 heterocycles. The van der Waals surface area contributed by atoms with Crippen molar-refractivity contribution in [2.45, 2.75) is 57.5 Å². The monoisotopic (exact) mass is 364 g/mol. The van der Waals surface area contributed by atoms with Crippen LogP contribution in [-0.2, 0) is 14.4 Å². The molecular weight excluding hydrogens is 332 g/mol. The first-order valence-corrected chi connectivity index (χ1v) is 10.1. The molecule has 0 aromatic rings. The van der Waals surface area contributed by atoms with Crippen molar-refractivity contribution in [3.63, 3.8) is 0 Å². The van der Waals surface area contributed by atoms with Gasteiger partial charge in [0.25, 0.3) is 0 Å². The Labute approximate surface area is 156 Å². The highest BCUT2D eigenvalue weighted by molar-refractivity contribution is 5.88. The topological polar surface area (TPSA) is 64.2 Å². The van der Waals surface area contributed by atoms with Crippen LogP contribution in [-0.4, -0.2) is 95.7 Å². The van der Waals surface area contributed by atoms with Crippen molar-refractivity contribution in [1.82, 2.24) is 19.6 Å². The van der Waals surface area contributed by atoms with Gasteiger partial charge in [0.2, 0.25) is 17.7 Å². The fourth-order valence-corrected chi connectivity index (χ4v) is 4.48. The number of likely N-dealkylation sites (N-methyl/N-ethyl adjacent to an activating group) is 1. The lowest BCUT2D eigenvalue weighted by molar-refractivity contribution is -0.150. The SMILES string of the molecule is CCC(=O)N1CCCCC1C(=O)N1CCN(C(=O)C2CCCN2C)CC1. The second kappa shape index (κ2) is 8.37. The van der Waals surface area contributed by atoms with Crippen LogP contribution in [0.2, 0.25) is 0 Å². The molecular formula is C19H32N4O3. The first-order chi connectivity index (χ1) is 12.5. The number of likely N-dealkylation sites (tertiary alicyclic amines) is 2. The molecule has 146 valence electrons. The van der Waals surface area contributed by atoms with Gasteiger partial charge in [0.1, 0.15) is 6.04 Å². The third kappa shape index (κ3) is 3.87. The van der Waals surface area contributed by atoms with Crippen molar-refractivity contribution in [2.24, 2.45) is 0 Å². The van der Waals surface area contributed by atoms with Gasteiger partial charge in [-0.25, -0.2) is 0 Å². The van der Waals surface area contributed by atoms with Crippen LogP contribution >= 0.6 is 0 Å². The summed E-state index contributed by atoms with van der Waals surface area (Å²) in [5.41, 5.74) is 0. The Balaban J connectivity index is 1.56. The molecule has 0 spiro atoms. The normalized spacial score (nSPS) is 27.7. The summed E-state index contributed by atoms with van der Waals surface area (Å²) in [5, 5.41) is 0. The van der Waals surface area contributed by atoms with Crippen molar-refractivity contribution >= 4 is 17.7 Å². The molecule has 3 rings (SSSR count). The van der Waals surface area contributed by atoms with Gasteiger partial charge in [-0.05, 0) is 45.7 Å². The summed E-state index contributed by atoms with van der Waals surface area (Å²) >= 11 is 0. The van der Waals surface area contributed by atoms with Gasteiger partial charge in [0, 0.05) is 39.1 Å². The molecule has 3 saturated heterocycles. The zero-order chi connectivity index (χ0) is 18.7. The van der Waals surface area contributed by atoms with Crippen molar-refractivity contribution < 1.29 is 14.4 Å². The summed E-state index contributed by atoms with van der Waals surface area (Å²) in [6.45, 7) is 5.88. The number of hydrogen-bond donors (Lipinski definition) is 0. The van der Waals surface area contributed by atoms with E-state index in [1.54, 1.807) is 4.90 Å². The minimum absolute atomic E-state index is 0.00765. The molecule has 7 heteroatoms. The van der Waals surface area contributed by atoms with Gasteiger partial charge in [-0.15, -0.1) is 0 Å². The number of hydrogen-bond acceptors (Lipinski definition) is 4. The zero-order valence-electron chi connectivity index (χ0n) is 16.2. The molecule has 0 N–H and O–H groups in total. The molecule has 0 aromatic heterocycles. The smallest absolute Gasteiger partial charge is 0.245 e. The van der Waals surface area contributed by atoms with Gasteiger partial charge in [-0.3, -0.25) is 19.3 Å². The molecule has 3 aliphatic rings. The van der Waals surface area contributed by atoms with Gasteiger partial charge >= 0.3 is 0 Å². The van der Waals surface area contributed by atoms with E-state index >= 15 is 0 Å². The van der Waals surface area contributed by atoms with E-state index in [1.807, 2.05) is 23.8 Å². The Bertz CT molecular complexity index is 545. The van der Waals surface area contributed by atoms with Crippen LogP contribution in [0.15, 0.2) is 0 Å². The van der Waals surface area contributed by atoms with Crippen LogP contribution in [0.1, 0.15) is 45.4 Å². The molecule has 0 saturated carbocycles. The van der Waals surface area contributed by atoms with E-state index in [-0.39, 0.29) is 29.8 Å². The summed E-state index contributed by atoms with van der Waals surface area (Å²) in [6, 6.07) is -0.298. The average molecular weight is 364 g/mol. The van der Waals surface area contributed by atoms with E-state index in [2.05, 4.69) is 4.90 Å². The number of carbonyl (C=O) groups excluding carboxylic acids is 3. The van der Waals surface area contributed by atoms with Crippen molar-refractivity contribution in [3.05, 3.63) is 0 Å². The summed E-state index contributed by atoms with van der Waals surface area (Å²) in [6.07, 6.45) is 5.19. The molecule has 0 radical (unpaired) electrons. The lowest BCUT2D eigenvalue weighted by Crippen LogP contribution is -2.59. The van der Waals surface area contributed by atoms with Crippen molar-refractivity contribution in [2.75, 3.05) is 46.3 Å². The van der Waals surface area contributed by atoms with Crippen LogP contribution in [0, 0.1) is 0 Å². The van der Waals surface area contributed by atoms with Gasteiger partial charge in [-0.1, -0.05) is 6.92 Å². The van der Waals surface area contributed by atoms with Crippen LogP contribution in [0.25, 0.3) is 0 Å². The van der Waals surface area contributed by atoms with E-state index in [0.29, 0.717) is 39.1 Å². The Hall–Kier alpha value is -1.63. The Morgan fingerprint density at radius 2 is 1.35 bits per heavy atom. The minimum Gasteiger partial charge on any atom is -0.338 e. The van der Waals surface area contributed by atoms with E-state index in [4.69, 9.17) is 0 Å². The van der Waals surface area contributed by atoms with Crippen LogP contribution in [0.3, 0.4) is 0 Å². The summed E-state index contributed by atoms with van der Waals surface area (Å²) in [4.78, 5) is 45.5. The van der Waals surface area contributed by atoms with E-state index in [1.165, 1.54) is 0 Å².